The van der Waals surface area contributed by atoms with Gasteiger partial charge in [0.25, 0.3) is 0 Å². The second kappa shape index (κ2) is 4.11. The van der Waals surface area contributed by atoms with E-state index in [4.69, 9.17) is 5.73 Å². The number of rotatable bonds is 3. The molecular formula is C12H19N3. The van der Waals surface area contributed by atoms with E-state index in [-0.39, 0.29) is 0 Å². The lowest BCUT2D eigenvalue weighted by Gasteiger charge is -2.18. The molecule has 0 aliphatic carbocycles. The van der Waals surface area contributed by atoms with Crippen molar-refractivity contribution in [2.24, 2.45) is 0 Å². The number of likely N-dealkylation sites (N-methyl/N-ethyl adjacent to an activating group) is 1. The number of nitrogens with two attached hydrogens (primary N) is 1. The van der Waals surface area contributed by atoms with Crippen LogP contribution < -0.4 is 16.0 Å². The summed E-state index contributed by atoms with van der Waals surface area (Å²) in [7, 11) is 2.01. The molecule has 1 heterocycles. The average molecular weight is 205 g/mol. The minimum atomic E-state index is 0.451. The van der Waals surface area contributed by atoms with Crippen molar-refractivity contribution < 1.29 is 0 Å². The van der Waals surface area contributed by atoms with E-state index in [0.717, 1.165) is 18.8 Å². The van der Waals surface area contributed by atoms with Gasteiger partial charge in [-0.2, -0.15) is 0 Å². The van der Waals surface area contributed by atoms with E-state index in [9.17, 15) is 0 Å². The fraction of sp³-hybridized carbons (Fsp3) is 0.500. The van der Waals surface area contributed by atoms with Crippen molar-refractivity contribution in [1.82, 2.24) is 5.32 Å². The summed E-state index contributed by atoms with van der Waals surface area (Å²) in [5.41, 5.74) is 9.36. The molecule has 3 N–H and O–H groups in total. The Morgan fingerprint density at radius 3 is 3.00 bits per heavy atom. The molecule has 0 bridgehead atoms. The Labute approximate surface area is 91.3 Å². The molecule has 0 aromatic heterocycles. The number of benzene rings is 1. The summed E-state index contributed by atoms with van der Waals surface area (Å²) in [6.07, 6.45) is 1.17. The SMILES string of the molecule is CCCN1CC(NC)c2ccc(N)cc21. The summed E-state index contributed by atoms with van der Waals surface area (Å²) in [5, 5.41) is 3.35. The summed E-state index contributed by atoms with van der Waals surface area (Å²) >= 11 is 0. The minimum Gasteiger partial charge on any atom is -0.399 e. The molecule has 0 radical (unpaired) electrons. The van der Waals surface area contributed by atoms with Crippen molar-refractivity contribution in [3.05, 3.63) is 23.8 Å². The van der Waals surface area contributed by atoms with Gasteiger partial charge in [0.2, 0.25) is 0 Å². The summed E-state index contributed by atoms with van der Waals surface area (Å²) in [5.74, 6) is 0. The Morgan fingerprint density at radius 1 is 1.53 bits per heavy atom. The molecule has 1 unspecified atom stereocenters. The molecule has 1 aliphatic rings. The van der Waals surface area contributed by atoms with Crippen LogP contribution in [0.5, 0.6) is 0 Å². The molecule has 0 fully saturated rings. The van der Waals surface area contributed by atoms with Crippen LogP contribution in [0.2, 0.25) is 0 Å². The number of nitrogens with one attached hydrogen (secondary N) is 1. The molecule has 0 saturated carbocycles. The van der Waals surface area contributed by atoms with Gasteiger partial charge in [0.1, 0.15) is 0 Å². The van der Waals surface area contributed by atoms with Crippen LogP contribution in [0, 0.1) is 0 Å². The molecule has 0 amide bonds. The van der Waals surface area contributed by atoms with E-state index in [1.165, 1.54) is 17.7 Å². The predicted molar refractivity (Wildman–Crippen MR) is 65.2 cm³/mol. The van der Waals surface area contributed by atoms with Crippen LogP contribution in [0.1, 0.15) is 24.9 Å². The molecule has 0 spiro atoms. The van der Waals surface area contributed by atoms with Crippen molar-refractivity contribution in [3.63, 3.8) is 0 Å². The molecule has 1 aliphatic heterocycles. The monoisotopic (exact) mass is 205 g/mol. The number of anilines is 2. The third kappa shape index (κ3) is 1.79. The number of nitrogen functional groups attached to an aromatic ring is 1. The van der Waals surface area contributed by atoms with Gasteiger partial charge in [0.15, 0.2) is 0 Å². The Bertz CT molecular complexity index is 349. The molecule has 82 valence electrons. The molecule has 3 heteroatoms. The summed E-state index contributed by atoms with van der Waals surface area (Å²) in [6, 6.07) is 6.66. The van der Waals surface area contributed by atoms with E-state index in [1.54, 1.807) is 0 Å². The van der Waals surface area contributed by atoms with Crippen LogP contribution in [-0.2, 0) is 0 Å². The molecule has 1 aromatic rings. The predicted octanol–water partition coefficient (Wildman–Crippen LogP) is 1.76. The van der Waals surface area contributed by atoms with Crippen LogP contribution in [0.15, 0.2) is 18.2 Å². The third-order valence-corrected chi connectivity index (χ3v) is 3.02. The van der Waals surface area contributed by atoms with Crippen LogP contribution >= 0.6 is 0 Å². The van der Waals surface area contributed by atoms with Crippen molar-refractivity contribution in [2.45, 2.75) is 19.4 Å². The maximum atomic E-state index is 5.83. The fourth-order valence-corrected chi connectivity index (χ4v) is 2.27. The van der Waals surface area contributed by atoms with E-state index in [1.807, 2.05) is 13.1 Å². The van der Waals surface area contributed by atoms with E-state index in [2.05, 4.69) is 29.3 Å². The first-order chi connectivity index (χ1) is 7.26. The Kier molecular flexibility index (Phi) is 2.82. The lowest BCUT2D eigenvalue weighted by atomic mass is 10.1. The molecule has 2 rings (SSSR count). The van der Waals surface area contributed by atoms with Crippen molar-refractivity contribution in [1.29, 1.82) is 0 Å². The van der Waals surface area contributed by atoms with Gasteiger partial charge < -0.3 is 16.0 Å². The Morgan fingerprint density at radius 2 is 2.33 bits per heavy atom. The molecular weight excluding hydrogens is 186 g/mol. The highest BCUT2D eigenvalue weighted by Gasteiger charge is 2.26. The summed E-state index contributed by atoms with van der Waals surface area (Å²) in [4.78, 5) is 2.41. The van der Waals surface area contributed by atoms with E-state index >= 15 is 0 Å². The normalized spacial score (nSPS) is 19.3. The quantitative estimate of drug-likeness (QED) is 0.739. The first-order valence-corrected chi connectivity index (χ1v) is 5.58. The number of hydrogen-bond acceptors (Lipinski definition) is 3. The van der Waals surface area contributed by atoms with Crippen LogP contribution in [0.4, 0.5) is 11.4 Å². The largest absolute Gasteiger partial charge is 0.399 e. The van der Waals surface area contributed by atoms with Crippen LogP contribution in [-0.4, -0.2) is 20.1 Å². The Hall–Kier alpha value is -1.22. The minimum absolute atomic E-state index is 0.451. The highest BCUT2D eigenvalue weighted by molar-refractivity contribution is 5.65. The number of hydrogen-bond donors (Lipinski definition) is 2. The van der Waals surface area contributed by atoms with Crippen molar-refractivity contribution in [3.8, 4) is 0 Å². The van der Waals surface area contributed by atoms with Gasteiger partial charge in [0.05, 0.1) is 6.04 Å². The van der Waals surface area contributed by atoms with Gasteiger partial charge in [-0.05, 0) is 31.2 Å². The maximum Gasteiger partial charge on any atom is 0.0516 e. The number of fused-ring (bicyclic) bond motifs is 1. The molecule has 1 aromatic carbocycles. The Balaban J connectivity index is 2.34. The van der Waals surface area contributed by atoms with Gasteiger partial charge in [-0.15, -0.1) is 0 Å². The fourth-order valence-electron chi connectivity index (χ4n) is 2.27. The van der Waals surface area contributed by atoms with Gasteiger partial charge in [-0.25, -0.2) is 0 Å². The van der Waals surface area contributed by atoms with Gasteiger partial charge >= 0.3 is 0 Å². The summed E-state index contributed by atoms with van der Waals surface area (Å²) in [6.45, 7) is 4.37. The van der Waals surface area contributed by atoms with Crippen molar-refractivity contribution >= 4 is 11.4 Å². The van der Waals surface area contributed by atoms with E-state index < -0.39 is 0 Å². The first-order valence-electron chi connectivity index (χ1n) is 5.58. The molecule has 0 saturated heterocycles. The lowest BCUT2D eigenvalue weighted by Crippen LogP contribution is -2.26. The zero-order valence-corrected chi connectivity index (χ0v) is 9.46. The van der Waals surface area contributed by atoms with Crippen LogP contribution in [0.3, 0.4) is 0 Å². The molecule has 3 nitrogen and oxygen atoms in total. The summed E-state index contributed by atoms with van der Waals surface area (Å²) < 4.78 is 0. The second-order valence-corrected chi connectivity index (χ2v) is 4.11. The van der Waals surface area contributed by atoms with Crippen LogP contribution in [0.25, 0.3) is 0 Å². The lowest BCUT2D eigenvalue weighted by molar-refractivity contribution is 0.609. The zero-order valence-electron chi connectivity index (χ0n) is 9.46. The van der Waals surface area contributed by atoms with Gasteiger partial charge in [-0.1, -0.05) is 13.0 Å². The van der Waals surface area contributed by atoms with Gasteiger partial charge in [-0.3, -0.25) is 0 Å². The van der Waals surface area contributed by atoms with E-state index in [0.29, 0.717) is 6.04 Å². The maximum absolute atomic E-state index is 5.83. The number of nitrogens with zero attached hydrogens (tertiary/aromatic N) is 1. The highest BCUT2D eigenvalue weighted by Crippen LogP contribution is 2.35. The smallest absolute Gasteiger partial charge is 0.0516 e. The topological polar surface area (TPSA) is 41.3 Å². The standard InChI is InChI=1S/C12H19N3/c1-3-6-15-8-11(14-2)10-5-4-9(13)7-12(10)15/h4-5,7,11,14H,3,6,8,13H2,1-2H3. The van der Waals surface area contributed by atoms with Gasteiger partial charge in [0, 0.05) is 24.5 Å². The van der Waals surface area contributed by atoms with Crippen molar-refractivity contribution in [2.75, 3.05) is 30.8 Å². The second-order valence-electron chi connectivity index (χ2n) is 4.11. The molecule has 1 atom stereocenters. The first kappa shape index (κ1) is 10.3. The zero-order chi connectivity index (χ0) is 10.8. The molecule has 15 heavy (non-hydrogen) atoms. The average Bonchev–Trinajstić information content (AvgIpc) is 2.57. The highest BCUT2D eigenvalue weighted by atomic mass is 15.2. The third-order valence-electron chi connectivity index (χ3n) is 3.02.